The number of esters is 1. The van der Waals surface area contributed by atoms with Crippen molar-refractivity contribution in [3.8, 4) is 0 Å². The van der Waals surface area contributed by atoms with E-state index in [2.05, 4.69) is 4.74 Å². The van der Waals surface area contributed by atoms with Crippen LogP contribution in [0.25, 0.3) is 0 Å². The molecule has 0 heterocycles. The van der Waals surface area contributed by atoms with Crippen molar-refractivity contribution >= 4 is 5.97 Å². The van der Waals surface area contributed by atoms with Crippen molar-refractivity contribution in [3.63, 3.8) is 0 Å². The first-order chi connectivity index (χ1) is 2.77. The summed E-state index contributed by atoms with van der Waals surface area (Å²) in [5.41, 5.74) is 0. The summed E-state index contributed by atoms with van der Waals surface area (Å²) >= 11 is 0. The third-order valence-corrected chi connectivity index (χ3v) is 0.348. The lowest BCUT2D eigenvalue weighted by Crippen LogP contribution is -1.95. The minimum Gasteiger partial charge on any atom is -0.466 e. The van der Waals surface area contributed by atoms with Crippen LogP contribution in [0.3, 0.4) is 0 Å². The van der Waals surface area contributed by atoms with Crippen LogP contribution in [0.4, 0.5) is 0 Å². The highest BCUT2D eigenvalue weighted by Crippen LogP contribution is 1.69. The Bertz CT molecular complexity index is 53.7. The standard InChI is InChI=1S/C4H8O2.4H2O/c1-3-6-4(2)5;;;;/h3H2,1-2H3;4*1H2. The van der Waals surface area contributed by atoms with Gasteiger partial charge in [-0.25, -0.2) is 0 Å². The molecule has 0 saturated carbocycles. The fourth-order valence-corrected chi connectivity index (χ4v) is 0.203. The van der Waals surface area contributed by atoms with E-state index >= 15 is 0 Å². The van der Waals surface area contributed by atoms with Gasteiger partial charge in [-0.05, 0) is 6.92 Å². The molecule has 10 heavy (non-hydrogen) atoms. The maximum absolute atomic E-state index is 9.82. The van der Waals surface area contributed by atoms with Crippen molar-refractivity contribution < 1.29 is 31.4 Å². The molecule has 0 aromatic carbocycles. The maximum atomic E-state index is 9.82. The zero-order valence-corrected chi connectivity index (χ0v) is 6.02. The average molecular weight is 160 g/mol. The number of carbonyl (C=O) groups is 1. The second-order valence-corrected chi connectivity index (χ2v) is 0.925. The van der Waals surface area contributed by atoms with Crippen LogP contribution in [-0.4, -0.2) is 34.5 Å². The van der Waals surface area contributed by atoms with Crippen LogP contribution in [0.1, 0.15) is 13.8 Å². The molecule has 0 aliphatic carbocycles. The molecule has 0 atom stereocenters. The van der Waals surface area contributed by atoms with Gasteiger partial charge in [0.15, 0.2) is 0 Å². The Labute approximate surface area is 59.0 Å². The Balaban J connectivity index is -0.0000000208. The molecule has 0 aliphatic heterocycles. The summed E-state index contributed by atoms with van der Waals surface area (Å²) in [6.45, 7) is 3.65. The highest BCUT2D eigenvalue weighted by molar-refractivity contribution is 5.65. The molecule has 0 bridgehead atoms. The monoisotopic (exact) mass is 160 g/mol. The van der Waals surface area contributed by atoms with Crippen LogP contribution in [0, 0.1) is 0 Å². The first-order valence-corrected chi connectivity index (χ1v) is 1.90. The van der Waals surface area contributed by atoms with Gasteiger partial charge in [0.05, 0.1) is 6.61 Å². The molecule has 0 radical (unpaired) electrons. The molecule has 0 rings (SSSR count). The summed E-state index contributed by atoms with van der Waals surface area (Å²) in [4.78, 5) is 9.82. The van der Waals surface area contributed by atoms with Crippen molar-refractivity contribution in [1.29, 1.82) is 0 Å². The van der Waals surface area contributed by atoms with Crippen LogP contribution < -0.4 is 0 Å². The van der Waals surface area contributed by atoms with Crippen molar-refractivity contribution in [2.75, 3.05) is 6.61 Å². The van der Waals surface area contributed by atoms with E-state index < -0.39 is 0 Å². The normalized spacial score (nSPS) is 4.60. The molecular weight excluding hydrogens is 144 g/mol. The summed E-state index contributed by atoms with van der Waals surface area (Å²) in [6.07, 6.45) is 0. The summed E-state index contributed by atoms with van der Waals surface area (Å²) in [6, 6.07) is 0. The first kappa shape index (κ1) is 34.6. The molecule has 6 nitrogen and oxygen atoms in total. The highest BCUT2D eigenvalue weighted by atomic mass is 16.5. The van der Waals surface area contributed by atoms with Gasteiger partial charge in [0.2, 0.25) is 0 Å². The molecule has 8 N–H and O–H groups in total. The van der Waals surface area contributed by atoms with Crippen LogP contribution >= 0.6 is 0 Å². The minimum absolute atomic E-state index is 0. The fourth-order valence-electron chi connectivity index (χ4n) is 0.203. The average Bonchev–Trinajstić information content (AvgIpc) is 1.35. The first-order valence-electron chi connectivity index (χ1n) is 1.90. The van der Waals surface area contributed by atoms with Crippen LogP contribution in [0.15, 0.2) is 0 Å². The molecule has 6 heteroatoms. The van der Waals surface area contributed by atoms with Crippen molar-refractivity contribution in [1.82, 2.24) is 0 Å². The molecule has 0 aromatic heterocycles. The quantitative estimate of drug-likeness (QED) is 0.382. The number of hydrogen-bond acceptors (Lipinski definition) is 2. The Morgan fingerprint density at radius 2 is 1.50 bits per heavy atom. The summed E-state index contributed by atoms with van der Waals surface area (Å²) < 4.78 is 4.40. The molecule has 0 aromatic rings. The van der Waals surface area contributed by atoms with Crippen LogP contribution in [-0.2, 0) is 9.53 Å². The van der Waals surface area contributed by atoms with Crippen LogP contribution in [0.2, 0.25) is 0 Å². The Morgan fingerprint density at radius 1 is 1.20 bits per heavy atom. The van der Waals surface area contributed by atoms with E-state index in [1.807, 2.05) is 0 Å². The van der Waals surface area contributed by atoms with E-state index in [9.17, 15) is 4.79 Å². The lowest BCUT2D eigenvalue weighted by atomic mass is 10.8. The molecule has 0 amide bonds. The zero-order valence-electron chi connectivity index (χ0n) is 6.02. The SMILES string of the molecule is CCOC(C)=O.O.O.O.O. The molecule has 0 saturated heterocycles. The van der Waals surface area contributed by atoms with Gasteiger partial charge in [-0.2, -0.15) is 0 Å². The largest absolute Gasteiger partial charge is 0.466 e. The van der Waals surface area contributed by atoms with Gasteiger partial charge in [-0.3, -0.25) is 4.79 Å². The van der Waals surface area contributed by atoms with E-state index in [1.54, 1.807) is 6.92 Å². The van der Waals surface area contributed by atoms with E-state index in [0.29, 0.717) is 6.61 Å². The van der Waals surface area contributed by atoms with Crippen molar-refractivity contribution in [2.45, 2.75) is 13.8 Å². The topological polar surface area (TPSA) is 152 Å². The molecule has 0 aliphatic rings. The third-order valence-electron chi connectivity index (χ3n) is 0.348. The smallest absolute Gasteiger partial charge is 0.302 e. The summed E-state index contributed by atoms with van der Waals surface area (Å²) in [7, 11) is 0. The molecule has 0 fully saturated rings. The second kappa shape index (κ2) is 23.9. The van der Waals surface area contributed by atoms with E-state index in [1.165, 1.54) is 6.92 Å². The second-order valence-electron chi connectivity index (χ2n) is 0.925. The fraction of sp³-hybridized carbons (Fsp3) is 0.750. The zero-order chi connectivity index (χ0) is 4.99. The van der Waals surface area contributed by atoms with Gasteiger partial charge in [0, 0.05) is 6.92 Å². The van der Waals surface area contributed by atoms with Gasteiger partial charge in [-0.1, -0.05) is 0 Å². The maximum Gasteiger partial charge on any atom is 0.302 e. The molecular formula is C4H16O6. The van der Waals surface area contributed by atoms with Crippen molar-refractivity contribution in [3.05, 3.63) is 0 Å². The van der Waals surface area contributed by atoms with Gasteiger partial charge in [0.25, 0.3) is 0 Å². The number of rotatable bonds is 1. The number of carbonyl (C=O) groups excluding carboxylic acids is 1. The van der Waals surface area contributed by atoms with Gasteiger partial charge in [0.1, 0.15) is 0 Å². The summed E-state index contributed by atoms with van der Waals surface area (Å²) in [5, 5.41) is 0. The minimum atomic E-state index is -0.211. The van der Waals surface area contributed by atoms with Crippen molar-refractivity contribution in [2.24, 2.45) is 0 Å². The van der Waals surface area contributed by atoms with Gasteiger partial charge in [-0.15, -0.1) is 0 Å². The highest BCUT2D eigenvalue weighted by Gasteiger charge is 1.81. The predicted molar refractivity (Wildman–Crippen MR) is 36.8 cm³/mol. The molecule has 68 valence electrons. The molecule has 0 spiro atoms. The van der Waals surface area contributed by atoms with Gasteiger partial charge < -0.3 is 26.6 Å². The van der Waals surface area contributed by atoms with Crippen LogP contribution in [0.5, 0.6) is 0 Å². The Hall–Kier alpha value is -0.690. The number of hydrogen-bond donors (Lipinski definition) is 0. The Kier molecular flexibility index (Phi) is 82.7. The van der Waals surface area contributed by atoms with E-state index in [4.69, 9.17) is 0 Å². The molecule has 0 unspecified atom stereocenters. The lowest BCUT2D eigenvalue weighted by Gasteiger charge is -1.89. The predicted octanol–water partition coefficient (Wildman–Crippen LogP) is -2.73. The Morgan fingerprint density at radius 3 is 1.50 bits per heavy atom. The summed E-state index contributed by atoms with van der Waals surface area (Å²) in [5.74, 6) is -0.211. The van der Waals surface area contributed by atoms with E-state index in [-0.39, 0.29) is 27.9 Å². The lowest BCUT2D eigenvalue weighted by molar-refractivity contribution is -0.140. The van der Waals surface area contributed by atoms with E-state index in [0.717, 1.165) is 0 Å². The number of ether oxygens (including phenoxy) is 1. The van der Waals surface area contributed by atoms with Gasteiger partial charge >= 0.3 is 5.97 Å². The third kappa shape index (κ3) is 54.5.